The number of ketones is 1. The van der Waals surface area contributed by atoms with Crippen LogP contribution in [0.4, 0.5) is 0 Å². The molecule has 0 atom stereocenters. The van der Waals surface area contributed by atoms with Crippen molar-refractivity contribution in [3.8, 4) is 5.69 Å². The second-order valence-corrected chi connectivity index (χ2v) is 6.03. The van der Waals surface area contributed by atoms with Crippen molar-refractivity contribution in [1.29, 1.82) is 0 Å². The Hall–Kier alpha value is -1.61. The van der Waals surface area contributed by atoms with Gasteiger partial charge in [0, 0.05) is 12.3 Å². The minimum Gasteiger partial charge on any atom is -0.294 e. The van der Waals surface area contributed by atoms with Crippen LogP contribution in [0.25, 0.3) is 5.69 Å². The van der Waals surface area contributed by atoms with Crippen LogP contribution in [-0.4, -0.2) is 15.6 Å². The van der Waals surface area contributed by atoms with Gasteiger partial charge < -0.3 is 0 Å². The zero-order valence-corrected chi connectivity index (χ0v) is 11.9. The fourth-order valence-corrected chi connectivity index (χ4v) is 3.23. The Morgan fingerprint density at radius 1 is 1.20 bits per heavy atom. The molecule has 1 aromatic carbocycles. The van der Waals surface area contributed by atoms with Gasteiger partial charge in [-0.15, -0.1) is 0 Å². The summed E-state index contributed by atoms with van der Waals surface area (Å²) in [6, 6.07) is 7.70. The number of aromatic nitrogens is 2. The monoisotopic (exact) mass is 286 g/mol. The molecule has 1 aromatic heterocycles. The molecule has 20 heavy (non-hydrogen) atoms. The highest BCUT2D eigenvalue weighted by atomic mass is 35.5. The summed E-state index contributed by atoms with van der Waals surface area (Å²) >= 11 is 6.30. The van der Waals surface area contributed by atoms with Crippen molar-refractivity contribution in [3.05, 3.63) is 46.2 Å². The SMILES string of the molecule is O=C1CCCc2c1c(C1CC1)nn2-c1ccccc1Cl. The lowest BCUT2D eigenvalue weighted by molar-refractivity contribution is 0.0971. The van der Waals surface area contributed by atoms with E-state index in [2.05, 4.69) is 0 Å². The van der Waals surface area contributed by atoms with Crippen molar-refractivity contribution in [3.63, 3.8) is 0 Å². The van der Waals surface area contributed by atoms with Gasteiger partial charge in [0.1, 0.15) is 0 Å². The molecule has 2 aliphatic carbocycles. The molecule has 2 aliphatic rings. The maximum absolute atomic E-state index is 12.3. The van der Waals surface area contributed by atoms with Gasteiger partial charge in [-0.2, -0.15) is 5.10 Å². The van der Waals surface area contributed by atoms with E-state index in [1.165, 1.54) is 0 Å². The van der Waals surface area contributed by atoms with Crippen LogP contribution in [0.1, 0.15) is 53.3 Å². The van der Waals surface area contributed by atoms with Crippen LogP contribution in [0.2, 0.25) is 5.02 Å². The molecular formula is C16H15ClN2O. The lowest BCUT2D eigenvalue weighted by atomic mass is 9.93. The van der Waals surface area contributed by atoms with Crippen LogP contribution in [0.15, 0.2) is 24.3 Å². The first kappa shape index (κ1) is 12.2. The number of nitrogens with zero attached hydrogens (tertiary/aromatic N) is 2. The smallest absolute Gasteiger partial charge is 0.166 e. The first-order chi connectivity index (χ1) is 9.75. The maximum atomic E-state index is 12.3. The summed E-state index contributed by atoms with van der Waals surface area (Å²) in [6.07, 6.45) is 4.78. The van der Waals surface area contributed by atoms with E-state index in [9.17, 15) is 4.79 Å². The van der Waals surface area contributed by atoms with Gasteiger partial charge in [0.15, 0.2) is 5.78 Å². The number of Topliss-reactive ketones (excluding diaryl/α,β-unsaturated/α-hetero) is 1. The molecule has 0 unspecified atom stereocenters. The summed E-state index contributed by atoms with van der Waals surface area (Å²) in [5.74, 6) is 0.737. The highest BCUT2D eigenvalue weighted by molar-refractivity contribution is 6.32. The first-order valence-electron chi connectivity index (χ1n) is 7.15. The van der Waals surface area contributed by atoms with Gasteiger partial charge in [-0.3, -0.25) is 4.79 Å². The number of halogens is 1. The summed E-state index contributed by atoms with van der Waals surface area (Å²) in [6.45, 7) is 0. The van der Waals surface area contributed by atoms with Crippen molar-refractivity contribution in [2.75, 3.05) is 0 Å². The normalized spacial score (nSPS) is 18.1. The van der Waals surface area contributed by atoms with E-state index in [0.717, 1.165) is 48.3 Å². The Bertz CT molecular complexity index is 700. The Morgan fingerprint density at radius 3 is 2.75 bits per heavy atom. The van der Waals surface area contributed by atoms with Gasteiger partial charge in [-0.25, -0.2) is 4.68 Å². The van der Waals surface area contributed by atoms with Crippen molar-refractivity contribution in [2.45, 2.75) is 38.0 Å². The molecular weight excluding hydrogens is 272 g/mol. The molecule has 1 fully saturated rings. The van der Waals surface area contributed by atoms with E-state index in [0.29, 0.717) is 17.4 Å². The Morgan fingerprint density at radius 2 is 2.00 bits per heavy atom. The summed E-state index contributed by atoms with van der Waals surface area (Å²) < 4.78 is 1.91. The lowest BCUT2D eigenvalue weighted by Gasteiger charge is -2.14. The third kappa shape index (κ3) is 1.80. The van der Waals surface area contributed by atoms with Gasteiger partial charge >= 0.3 is 0 Å². The van der Waals surface area contributed by atoms with Gasteiger partial charge in [-0.05, 0) is 37.8 Å². The van der Waals surface area contributed by atoms with Crippen LogP contribution >= 0.6 is 11.6 Å². The molecule has 1 heterocycles. The number of rotatable bonds is 2. The summed E-state index contributed by atoms with van der Waals surface area (Å²) in [5.41, 5.74) is 3.83. The molecule has 3 nitrogen and oxygen atoms in total. The second-order valence-electron chi connectivity index (χ2n) is 5.62. The number of fused-ring (bicyclic) bond motifs is 1. The highest BCUT2D eigenvalue weighted by Crippen LogP contribution is 2.43. The number of carbonyl (C=O) groups is 1. The number of hydrogen-bond donors (Lipinski definition) is 0. The zero-order valence-electron chi connectivity index (χ0n) is 11.1. The molecule has 0 radical (unpaired) electrons. The Kier molecular flexibility index (Phi) is 2.71. The van der Waals surface area contributed by atoms with E-state index in [4.69, 9.17) is 16.7 Å². The molecule has 0 spiro atoms. The van der Waals surface area contributed by atoms with Crippen LogP contribution in [0.3, 0.4) is 0 Å². The fraction of sp³-hybridized carbons (Fsp3) is 0.375. The molecule has 4 rings (SSSR count). The number of benzene rings is 1. The first-order valence-corrected chi connectivity index (χ1v) is 7.53. The standard InChI is InChI=1S/C16H15ClN2O/c17-11-4-1-2-5-12(11)19-13-6-3-7-14(20)15(13)16(18-19)10-8-9-10/h1-2,4-5,10H,3,6-9H2. The summed E-state index contributed by atoms with van der Waals surface area (Å²) in [5, 5.41) is 5.43. The molecule has 0 bridgehead atoms. The van der Waals surface area contributed by atoms with Crippen molar-refractivity contribution in [1.82, 2.24) is 9.78 Å². The van der Waals surface area contributed by atoms with Crippen molar-refractivity contribution in [2.24, 2.45) is 0 Å². The van der Waals surface area contributed by atoms with E-state index in [1.54, 1.807) is 0 Å². The molecule has 0 saturated heterocycles. The molecule has 2 aromatic rings. The number of para-hydroxylation sites is 1. The van der Waals surface area contributed by atoms with E-state index < -0.39 is 0 Å². The van der Waals surface area contributed by atoms with Crippen LogP contribution in [0.5, 0.6) is 0 Å². The average Bonchev–Trinajstić information content (AvgIpc) is 3.21. The number of carbonyl (C=O) groups excluding carboxylic acids is 1. The topological polar surface area (TPSA) is 34.9 Å². The maximum Gasteiger partial charge on any atom is 0.166 e. The van der Waals surface area contributed by atoms with Crippen molar-refractivity contribution >= 4 is 17.4 Å². The van der Waals surface area contributed by atoms with Crippen LogP contribution < -0.4 is 0 Å². The zero-order chi connectivity index (χ0) is 13.7. The van der Waals surface area contributed by atoms with Gasteiger partial charge in [-0.1, -0.05) is 23.7 Å². The average molecular weight is 287 g/mol. The van der Waals surface area contributed by atoms with Crippen LogP contribution in [-0.2, 0) is 6.42 Å². The predicted molar refractivity (Wildman–Crippen MR) is 77.8 cm³/mol. The minimum absolute atomic E-state index is 0.256. The molecule has 4 heteroatoms. The molecule has 1 saturated carbocycles. The quantitative estimate of drug-likeness (QED) is 0.838. The fourth-order valence-electron chi connectivity index (χ4n) is 3.01. The minimum atomic E-state index is 0.256. The predicted octanol–water partition coefficient (Wildman–Crippen LogP) is 3.92. The van der Waals surface area contributed by atoms with Gasteiger partial charge in [0.05, 0.1) is 27.7 Å². The second kappa shape index (κ2) is 4.45. The summed E-state index contributed by atoms with van der Waals surface area (Å²) in [4.78, 5) is 12.3. The molecule has 0 amide bonds. The lowest BCUT2D eigenvalue weighted by Crippen LogP contribution is -2.13. The molecule has 0 N–H and O–H groups in total. The Labute approximate surface area is 122 Å². The molecule has 102 valence electrons. The van der Waals surface area contributed by atoms with E-state index in [-0.39, 0.29) is 5.78 Å². The van der Waals surface area contributed by atoms with Gasteiger partial charge in [0.2, 0.25) is 0 Å². The van der Waals surface area contributed by atoms with E-state index in [1.807, 2.05) is 28.9 Å². The molecule has 0 aliphatic heterocycles. The van der Waals surface area contributed by atoms with Gasteiger partial charge in [0.25, 0.3) is 0 Å². The number of hydrogen-bond acceptors (Lipinski definition) is 2. The Balaban J connectivity index is 1.95. The third-order valence-electron chi connectivity index (χ3n) is 4.15. The van der Waals surface area contributed by atoms with E-state index >= 15 is 0 Å². The summed E-state index contributed by atoms with van der Waals surface area (Å²) in [7, 11) is 0. The largest absolute Gasteiger partial charge is 0.294 e. The third-order valence-corrected chi connectivity index (χ3v) is 4.47. The highest BCUT2D eigenvalue weighted by Gasteiger charge is 2.35. The van der Waals surface area contributed by atoms with Crippen molar-refractivity contribution < 1.29 is 4.79 Å². The van der Waals surface area contributed by atoms with Crippen LogP contribution in [0, 0.1) is 0 Å².